The van der Waals surface area contributed by atoms with E-state index in [1.54, 1.807) is 0 Å². The number of likely N-dealkylation sites (tertiary alicyclic amines) is 1. The van der Waals surface area contributed by atoms with Gasteiger partial charge in [0.1, 0.15) is 0 Å². The molecule has 0 aromatic carbocycles. The van der Waals surface area contributed by atoms with Gasteiger partial charge >= 0.3 is 6.03 Å². The lowest BCUT2D eigenvalue weighted by Crippen LogP contribution is -2.52. The van der Waals surface area contributed by atoms with Crippen LogP contribution in [0.4, 0.5) is 4.79 Å². The average molecular weight is 238 g/mol. The van der Waals surface area contributed by atoms with Crippen molar-refractivity contribution in [1.82, 2.24) is 10.2 Å². The largest absolute Gasteiger partial charge is 0.391 e. The zero-order valence-corrected chi connectivity index (χ0v) is 10.8. The minimum absolute atomic E-state index is 0.00315. The first kappa shape index (κ1) is 11.3. The van der Waals surface area contributed by atoms with Gasteiger partial charge in [-0.1, -0.05) is 0 Å². The molecule has 3 aliphatic rings. The minimum Gasteiger partial charge on any atom is -0.391 e. The third-order valence-corrected chi connectivity index (χ3v) is 4.59. The summed E-state index contributed by atoms with van der Waals surface area (Å²) in [7, 11) is 0. The molecule has 4 nitrogen and oxygen atoms in total. The van der Waals surface area contributed by atoms with Crippen molar-refractivity contribution in [2.24, 2.45) is 17.8 Å². The van der Waals surface area contributed by atoms with Crippen molar-refractivity contribution >= 4 is 6.03 Å². The lowest BCUT2D eigenvalue weighted by Gasteiger charge is -2.31. The number of carbonyl (C=O) groups is 1. The fourth-order valence-corrected chi connectivity index (χ4v) is 4.04. The van der Waals surface area contributed by atoms with E-state index in [1.165, 1.54) is 0 Å². The van der Waals surface area contributed by atoms with E-state index in [2.05, 4.69) is 5.32 Å². The highest BCUT2D eigenvalue weighted by molar-refractivity contribution is 5.76. The molecule has 1 aliphatic heterocycles. The fourth-order valence-electron chi connectivity index (χ4n) is 4.04. The molecule has 0 aromatic rings. The number of aliphatic hydroxyl groups is 1. The van der Waals surface area contributed by atoms with Crippen LogP contribution >= 0.6 is 0 Å². The van der Waals surface area contributed by atoms with Crippen molar-refractivity contribution in [2.45, 2.75) is 51.3 Å². The van der Waals surface area contributed by atoms with E-state index in [4.69, 9.17) is 0 Å². The maximum absolute atomic E-state index is 12.2. The van der Waals surface area contributed by atoms with Gasteiger partial charge in [-0.3, -0.25) is 0 Å². The Morgan fingerprint density at radius 3 is 2.59 bits per heavy atom. The van der Waals surface area contributed by atoms with Gasteiger partial charge < -0.3 is 15.3 Å². The van der Waals surface area contributed by atoms with Gasteiger partial charge in [0.2, 0.25) is 0 Å². The van der Waals surface area contributed by atoms with Crippen molar-refractivity contribution in [3.05, 3.63) is 0 Å². The Morgan fingerprint density at radius 2 is 2.00 bits per heavy atom. The number of urea groups is 1. The van der Waals surface area contributed by atoms with Crippen LogP contribution in [-0.4, -0.2) is 40.3 Å². The SMILES string of the molecule is CC(C)(C)NC(=O)N1CC2CC3CC2C1C3O. The van der Waals surface area contributed by atoms with Crippen LogP contribution in [0.3, 0.4) is 0 Å². The summed E-state index contributed by atoms with van der Waals surface area (Å²) in [5.74, 6) is 1.64. The number of carbonyl (C=O) groups excluding carboxylic acids is 1. The standard InChI is InChI=1S/C13H22N2O2/c1-13(2,3)14-12(17)15-6-8-4-7-5-9(8)10(15)11(7)16/h7-11,16H,4-6H2,1-3H3,(H,14,17). The second-order valence-corrected chi connectivity index (χ2v) is 6.97. The van der Waals surface area contributed by atoms with Crippen LogP contribution < -0.4 is 5.32 Å². The van der Waals surface area contributed by atoms with Gasteiger partial charge in [-0.05, 0) is 51.4 Å². The molecule has 3 rings (SSSR count). The van der Waals surface area contributed by atoms with E-state index in [0.29, 0.717) is 17.8 Å². The van der Waals surface area contributed by atoms with Gasteiger partial charge in [-0.15, -0.1) is 0 Å². The predicted octanol–water partition coefficient (Wildman–Crippen LogP) is 1.20. The summed E-state index contributed by atoms with van der Waals surface area (Å²) in [4.78, 5) is 14.1. The monoisotopic (exact) mass is 238 g/mol. The molecule has 2 N–H and O–H groups in total. The number of nitrogens with zero attached hydrogens (tertiary/aromatic N) is 1. The number of amides is 2. The molecule has 2 amide bonds. The summed E-state index contributed by atoms with van der Waals surface area (Å²) in [6, 6.07) is 0.0812. The van der Waals surface area contributed by atoms with Crippen LogP contribution in [0.15, 0.2) is 0 Å². The van der Waals surface area contributed by atoms with Gasteiger partial charge in [-0.25, -0.2) is 4.79 Å². The maximum atomic E-state index is 12.2. The summed E-state index contributed by atoms with van der Waals surface area (Å²) in [6.07, 6.45) is 1.95. The number of nitrogens with one attached hydrogen (secondary N) is 1. The van der Waals surface area contributed by atoms with Crippen LogP contribution in [0.5, 0.6) is 0 Å². The Bertz CT molecular complexity index is 348. The van der Waals surface area contributed by atoms with Gasteiger partial charge in [0.15, 0.2) is 0 Å². The fraction of sp³-hybridized carbons (Fsp3) is 0.923. The van der Waals surface area contributed by atoms with E-state index < -0.39 is 0 Å². The van der Waals surface area contributed by atoms with Crippen molar-refractivity contribution in [3.8, 4) is 0 Å². The Hall–Kier alpha value is -0.770. The Balaban J connectivity index is 1.76. The zero-order valence-electron chi connectivity index (χ0n) is 10.8. The van der Waals surface area contributed by atoms with Crippen LogP contribution in [-0.2, 0) is 0 Å². The lowest BCUT2D eigenvalue weighted by atomic mass is 9.88. The number of hydrogen-bond acceptors (Lipinski definition) is 2. The predicted molar refractivity (Wildman–Crippen MR) is 64.5 cm³/mol. The Morgan fingerprint density at radius 1 is 1.29 bits per heavy atom. The minimum atomic E-state index is -0.288. The Kier molecular flexibility index (Phi) is 2.25. The first-order valence-electron chi connectivity index (χ1n) is 6.63. The van der Waals surface area contributed by atoms with Crippen LogP contribution in [0.25, 0.3) is 0 Å². The van der Waals surface area contributed by atoms with E-state index >= 15 is 0 Å². The highest BCUT2D eigenvalue weighted by Gasteiger charge is 2.60. The molecule has 3 fully saturated rings. The van der Waals surface area contributed by atoms with E-state index in [0.717, 1.165) is 19.4 Å². The lowest BCUT2D eigenvalue weighted by molar-refractivity contribution is 0.0598. The summed E-state index contributed by atoms with van der Waals surface area (Å²) < 4.78 is 0. The van der Waals surface area contributed by atoms with Gasteiger partial charge in [0.25, 0.3) is 0 Å². The molecule has 2 bridgehead atoms. The van der Waals surface area contributed by atoms with Crippen LogP contribution in [0.1, 0.15) is 33.6 Å². The molecule has 2 saturated carbocycles. The zero-order chi connectivity index (χ0) is 12.4. The molecule has 96 valence electrons. The van der Waals surface area contributed by atoms with Gasteiger partial charge in [0.05, 0.1) is 12.1 Å². The molecule has 2 aliphatic carbocycles. The third-order valence-electron chi connectivity index (χ3n) is 4.59. The highest BCUT2D eigenvalue weighted by Crippen LogP contribution is 2.54. The van der Waals surface area contributed by atoms with Gasteiger partial charge in [-0.2, -0.15) is 0 Å². The van der Waals surface area contributed by atoms with Crippen LogP contribution in [0.2, 0.25) is 0 Å². The normalized spacial score (nSPS) is 43.3. The summed E-state index contributed by atoms with van der Waals surface area (Å²) >= 11 is 0. The number of hydrogen-bond donors (Lipinski definition) is 2. The van der Waals surface area contributed by atoms with E-state index in [1.807, 2.05) is 25.7 Å². The first-order chi connectivity index (χ1) is 7.87. The van der Waals surface area contributed by atoms with Crippen molar-refractivity contribution < 1.29 is 9.90 Å². The molecule has 0 radical (unpaired) electrons. The van der Waals surface area contributed by atoms with E-state index in [9.17, 15) is 9.90 Å². The average Bonchev–Trinajstić information content (AvgIpc) is 2.73. The quantitative estimate of drug-likeness (QED) is 0.666. The Labute approximate surface area is 102 Å². The molecule has 1 heterocycles. The molecule has 5 unspecified atom stereocenters. The second-order valence-electron chi connectivity index (χ2n) is 6.97. The molecule has 0 aromatic heterocycles. The number of rotatable bonds is 0. The van der Waals surface area contributed by atoms with Gasteiger partial charge in [0, 0.05) is 12.1 Å². The highest BCUT2D eigenvalue weighted by atomic mass is 16.3. The molecule has 1 saturated heterocycles. The van der Waals surface area contributed by atoms with Crippen LogP contribution in [0, 0.1) is 17.8 Å². The molecule has 17 heavy (non-hydrogen) atoms. The molecule has 0 spiro atoms. The first-order valence-corrected chi connectivity index (χ1v) is 6.63. The second kappa shape index (κ2) is 3.37. The molecule has 5 atom stereocenters. The maximum Gasteiger partial charge on any atom is 0.318 e. The van der Waals surface area contributed by atoms with Crippen molar-refractivity contribution in [3.63, 3.8) is 0 Å². The summed E-state index contributed by atoms with van der Waals surface area (Å²) in [6.45, 7) is 6.81. The van der Waals surface area contributed by atoms with E-state index in [-0.39, 0.29) is 23.7 Å². The topological polar surface area (TPSA) is 52.6 Å². The number of aliphatic hydroxyl groups excluding tert-OH is 1. The summed E-state index contributed by atoms with van der Waals surface area (Å²) in [5.41, 5.74) is -0.207. The smallest absolute Gasteiger partial charge is 0.318 e. The van der Waals surface area contributed by atoms with Crippen molar-refractivity contribution in [2.75, 3.05) is 6.54 Å². The molecule has 4 heteroatoms. The third kappa shape index (κ3) is 1.65. The van der Waals surface area contributed by atoms with Crippen molar-refractivity contribution in [1.29, 1.82) is 0 Å². The molecular formula is C13H22N2O2. The summed E-state index contributed by atoms with van der Waals surface area (Å²) in [5, 5.41) is 13.2. The number of fused-ring (bicyclic) bond motifs is 1. The molecular weight excluding hydrogens is 216 g/mol.